The smallest absolute Gasteiger partial charge is 0.232 e. The summed E-state index contributed by atoms with van der Waals surface area (Å²) < 4.78 is 34.5. The average molecular weight is 345 g/mol. The zero-order valence-corrected chi connectivity index (χ0v) is 14.0. The average Bonchev–Trinajstić information content (AvgIpc) is 3.12. The summed E-state index contributed by atoms with van der Waals surface area (Å²) in [5.41, 5.74) is 2.13. The molecule has 0 aliphatic carbocycles. The van der Waals surface area contributed by atoms with Gasteiger partial charge in [-0.25, -0.2) is 13.8 Å². The Hall–Kier alpha value is -2.96. The van der Waals surface area contributed by atoms with Crippen LogP contribution in [0.3, 0.4) is 0 Å². The van der Waals surface area contributed by atoms with Gasteiger partial charge in [-0.15, -0.1) is 0 Å². The standard InChI is InChI=1S/C18H17F2N3O2/c1-4-23-17(10(2)11(3)22-23)15(24)8-12-9-25-18(21-12)16-13(19)6-5-7-14(16)20/h5-9,24H,4H2,1-3H3/b15-8-. The summed E-state index contributed by atoms with van der Waals surface area (Å²) in [6.45, 7) is 6.22. The van der Waals surface area contributed by atoms with E-state index in [1.165, 1.54) is 18.4 Å². The molecule has 130 valence electrons. The van der Waals surface area contributed by atoms with Crippen LogP contribution >= 0.6 is 0 Å². The van der Waals surface area contributed by atoms with Crippen molar-refractivity contribution in [1.29, 1.82) is 0 Å². The minimum atomic E-state index is -0.767. The lowest BCUT2D eigenvalue weighted by Crippen LogP contribution is -2.02. The predicted octanol–water partition coefficient (Wildman–Crippen LogP) is 4.51. The number of nitrogens with zero attached hydrogens (tertiary/aromatic N) is 3. The van der Waals surface area contributed by atoms with Crippen LogP contribution in [-0.4, -0.2) is 19.9 Å². The van der Waals surface area contributed by atoms with Crippen molar-refractivity contribution in [2.45, 2.75) is 27.3 Å². The van der Waals surface area contributed by atoms with Gasteiger partial charge in [0, 0.05) is 18.2 Å². The van der Waals surface area contributed by atoms with Crippen LogP contribution in [-0.2, 0) is 6.54 Å². The molecule has 0 amide bonds. The lowest BCUT2D eigenvalue weighted by molar-refractivity contribution is 0.498. The molecule has 0 fully saturated rings. The van der Waals surface area contributed by atoms with Gasteiger partial charge in [0.05, 0.1) is 5.69 Å². The molecule has 3 aromatic rings. The van der Waals surface area contributed by atoms with Gasteiger partial charge < -0.3 is 9.52 Å². The number of halogens is 2. The fourth-order valence-corrected chi connectivity index (χ4v) is 2.60. The normalized spacial score (nSPS) is 12.0. The molecule has 1 aromatic carbocycles. The zero-order chi connectivity index (χ0) is 18.1. The number of oxazole rings is 1. The summed E-state index contributed by atoms with van der Waals surface area (Å²) in [5.74, 6) is -1.77. The maximum atomic E-state index is 13.8. The third kappa shape index (κ3) is 3.05. The highest BCUT2D eigenvalue weighted by Crippen LogP contribution is 2.27. The number of hydrogen-bond donors (Lipinski definition) is 1. The van der Waals surface area contributed by atoms with Gasteiger partial charge in [-0.1, -0.05) is 6.07 Å². The molecule has 0 saturated heterocycles. The highest BCUT2D eigenvalue weighted by molar-refractivity contribution is 5.75. The maximum absolute atomic E-state index is 13.8. The van der Waals surface area contributed by atoms with Crippen molar-refractivity contribution < 1.29 is 18.3 Å². The molecule has 0 aliphatic heterocycles. The Bertz CT molecular complexity index is 937. The van der Waals surface area contributed by atoms with Crippen LogP contribution in [0.2, 0.25) is 0 Å². The topological polar surface area (TPSA) is 64.1 Å². The van der Waals surface area contributed by atoms with Crippen molar-refractivity contribution in [3.8, 4) is 11.5 Å². The van der Waals surface area contributed by atoms with Gasteiger partial charge in [-0.05, 0) is 32.9 Å². The summed E-state index contributed by atoms with van der Waals surface area (Å²) in [6.07, 6.45) is 2.60. The third-order valence-corrected chi connectivity index (χ3v) is 3.95. The Kier molecular flexibility index (Phi) is 4.39. The highest BCUT2D eigenvalue weighted by atomic mass is 19.1. The second kappa shape index (κ2) is 6.51. The first-order chi connectivity index (χ1) is 11.9. The fourth-order valence-electron chi connectivity index (χ4n) is 2.60. The molecular weight excluding hydrogens is 328 g/mol. The van der Waals surface area contributed by atoms with Gasteiger partial charge in [0.1, 0.15) is 40.6 Å². The van der Waals surface area contributed by atoms with E-state index in [4.69, 9.17) is 4.42 Å². The molecule has 3 rings (SSSR count). The van der Waals surface area contributed by atoms with Crippen molar-refractivity contribution >= 4 is 11.8 Å². The van der Waals surface area contributed by atoms with E-state index in [0.29, 0.717) is 12.2 Å². The molecule has 0 unspecified atom stereocenters. The van der Waals surface area contributed by atoms with E-state index >= 15 is 0 Å². The van der Waals surface area contributed by atoms with E-state index in [1.807, 2.05) is 20.8 Å². The summed E-state index contributed by atoms with van der Waals surface area (Å²) in [5, 5.41) is 14.8. The highest BCUT2D eigenvalue weighted by Gasteiger charge is 2.18. The minimum Gasteiger partial charge on any atom is -0.506 e. The van der Waals surface area contributed by atoms with E-state index < -0.39 is 11.6 Å². The van der Waals surface area contributed by atoms with E-state index in [9.17, 15) is 13.9 Å². The first-order valence-electron chi connectivity index (χ1n) is 7.77. The second-order valence-electron chi connectivity index (χ2n) is 5.58. The summed E-state index contributed by atoms with van der Waals surface area (Å²) in [7, 11) is 0. The molecule has 2 heterocycles. The van der Waals surface area contributed by atoms with Gasteiger partial charge in [0.15, 0.2) is 0 Å². The van der Waals surface area contributed by atoms with Crippen LogP contribution in [0.25, 0.3) is 23.3 Å². The Morgan fingerprint density at radius 1 is 1.28 bits per heavy atom. The molecule has 0 saturated carbocycles. The number of aliphatic hydroxyl groups is 1. The summed E-state index contributed by atoms with van der Waals surface area (Å²) in [6, 6.07) is 3.52. The molecule has 5 nitrogen and oxygen atoms in total. The van der Waals surface area contributed by atoms with Crippen LogP contribution in [0.4, 0.5) is 8.78 Å². The lowest BCUT2D eigenvalue weighted by Gasteiger charge is -2.04. The summed E-state index contributed by atoms with van der Waals surface area (Å²) in [4.78, 5) is 4.05. The van der Waals surface area contributed by atoms with E-state index in [2.05, 4.69) is 10.1 Å². The van der Waals surface area contributed by atoms with E-state index in [1.54, 1.807) is 4.68 Å². The van der Waals surface area contributed by atoms with Crippen molar-refractivity contribution in [3.05, 3.63) is 58.7 Å². The van der Waals surface area contributed by atoms with Gasteiger partial charge in [-0.2, -0.15) is 5.10 Å². The molecule has 0 atom stereocenters. The minimum absolute atomic E-state index is 0.0474. The molecule has 0 aliphatic rings. The molecule has 0 bridgehead atoms. The van der Waals surface area contributed by atoms with Crippen LogP contribution < -0.4 is 0 Å². The fraction of sp³-hybridized carbons (Fsp3) is 0.222. The van der Waals surface area contributed by atoms with Crippen molar-refractivity contribution in [3.63, 3.8) is 0 Å². The van der Waals surface area contributed by atoms with Crippen LogP contribution in [0, 0.1) is 25.5 Å². The molecule has 0 spiro atoms. The van der Waals surface area contributed by atoms with Crippen LogP contribution in [0.1, 0.15) is 29.6 Å². The predicted molar refractivity (Wildman–Crippen MR) is 89.7 cm³/mol. The second-order valence-corrected chi connectivity index (χ2v) is 5.58. The van der Waals surface area contributed by atoms with Gasteiger partial charge in [0.25, 0.3) is 0 Å². The van der Waals surface area contributed by atoms with E-state index in [-0.39, 0.29) is 22.9 Å². The number of aryl methyl sites for hydroxylation is 2. The molecule has 0 radical (unpaired) electrons. The number of hydrogen-bond acceptors (Lipinski definition) is 4. The number of aliphatic hydroxyl groups excluding tert-OH is 1. The number of benzene rings is 1. The molecule has 25 heavy (non-hydrogen) atoms. The quantitative estimate of drug-likeness (QED) is 0.707. The third-order valence-electron chi connectivity index (χ3n) is 3.95. The van der Waals surface area contributed by atoms with Gasteiger partial charge >= 0.3 is 0 Å². The number of aromatic nitrogens is 3. The maximum Gasteiger partial charge on any atom is 0.232 e. The first kappa shape index (κ1) is 16.9. The molecule has 1 N–H and O–H groups in total. The molecule has 7 heteroatoms. The van der Waals surface area contributed by atoms with E-state index in [0.717, 1.165) is 23.4 Å². The lowest BCUT2D eigenvalue weighted by atomic mass is 10.1. The Morgan fingerprint density at radius 3 is 2.60 bits per heavy atom. The SMILES string of the molecule is CCn1nc(C)c(C)c1/C(O)=C/c1coc(-c2c(F)cccc2F)n1. The van der Waals surface area contributed by atoms with Crippen LogP contribution in [0.15, 0.2) is 28.9 Å². The van der Waals surface area contributed by atoms with Gasteiger partial charge in [0.2, 0.25) is 5.89 Å². The van der Waals surface area contributed by atoms with Crippen molar-refractivity contribution in [2.75, 3.05) is 0 Å². The molecule has 2 aromatic heterocycles. The Labute approximate surface area is 143 Å². The zero-order valence-electron chi connectivity index (χ0n) is 14.0. The summed E-state index contributed by atoms with van der Waals surface area (Å²) >= 11 is 0. The van der Waals surface area contributed by atoms with Gasteiger partial charge in [-0.3, -0.25) is 4.68 Å². The van der Waals surface area contributed by atoms with Crippen molar-refractivity contribution in [1.82, 2.24) is 14.8 Å². The Morgan fingerprint density at radius 2 is 1.96 bits per heavy atom. The Balaban J connectivity index is 2.00. The van der Waals surface area contributed by atoms with Crippen LogP contribution in [0.5, 0.6) is 0 Å². The number of rotatable bonds is 4. The molecular formula is C18H17F2N3O2. The largest absolute Gasteiger partial charge is 0.506 e. The first-order valence-corrected chi connectivity index (χ1v) is 7.77. The monoisotopic (exact) mass is 345 g/mol. The van der Waals surface area contributed by atoms with Crippen molar-refractivity contribution in [2.24, 2.45) is 0 Å².